The molecule has 1 aromatic heterocycles. The molecular formula is C17H18N2O3S. The van der Waals surface area contributed by atoms with Gasteiger partial charge in [0.05, 0.1) is 5.69 Å². The van der Waals surface area contributed by atoms with E-state index in [1.54, 1.807) is 6.08 Å². The van der Waals surface area contributed by atoms with Crippen LogP contribution < -0.4 is 5.32 Å². The summed E-state index contributed by atoms with van der Waals surface area (Å²) in [6.45, 7) is 1.47. The number of carbonyl (C=O) groups is 2. The molecule has 120 valence electrons. The zero-order valence-corrected chi connectivity index (χ0v) is 13.6. The van der Waals surface area contributed by atoms with Crippen LogP contribution in [-0.4, -0.2) is 22.0 Å². The summed E-state index contributed by atoms with van der Waals surface area (Å²) in [7, 11) is 0. The van der Waals surface area contributed by atoms with Gasteiger partial charge in [-0.1, -0.05) is 24.3 Å². The van der Waals surface area contributed by atoms with Crippen LogP contribution in [0.5, 0.6) is 0 Å². The molecule has 23 heavy (non-hydrogen) atoms. The third-order valence-corrected chi connectivity index (χ3v) is 3.94. The van der Waals surface area contributed by atoms with Crippen molar-refractivity contribution in [2.75, 3.05) is 5.32 Å². The lowest BCUT2D eigenvalue weighted by Crippen LogP contribution is -2.05. The predicted octanol–water partition coefficient (Wildman–Crippen LogP) is 3.37. The lowest BCUT2D eigenvalue weighted by Gasteiger charge is -2.01. The van der Waals surface area contributed by atoms with E-state index in [0.29, 0.717) is 5.13 Å². The van der Waals surface area contributed by atoms with Crippen molar-refractivity contribution in [3.63, 3.8) is 0 Å². The van der Waals surface area contributed by atoms with Crippen molar-refractivity contribution in [2.24, 2.45) is 0 Å². The second-order valence-corrected chi connectivity index (χ2v) is 5.95. The summed E-state index contributed by atoms with van der Waals surface area (Å²) in [6.07, 6.45) is 5.45. The Morgan fingerprint density at radius 3 is 2.65 bits per heavy atom. The Kier molecular flexibility index (Phi) is 6.05. The van der Waals surface area contributed by atoms with Crippen LogP contribution in [-0.2, 0) is 22.4 Å². The van der Waals surface area contributed by atoms with Gasteiger partial charge in [-0.2, -0.15) is 0 Å². The van der Waals surface area contributed by atoms with Gasteiger partial charge in [0.15, 0.2) is 5.13 Å². The molecule has 2 aromatic rings. The minimum atomic E-state index is -0.948. The van der Waals surface area contributed by atoms with Crippen molar-refractivity contribution < 1.29 is 14.7 Å². The number of thiazole rings is 1. The van der Waals surface area contributed by atoms with Crippen LogP contribution in [0.15, 0.2) is 35.7 Å². The molecule has 0 aliphatic carbocycles. The van der Waals surface area contributed by atoms with Crippen LogP contribution in [0.3, 0.4) is 0 Å². The highest BCUT2D eigenvalue weighted by Crippen LogP contribution is 2.17. The first-order valence-corrected chi connectivity index (χ1v) is 8.13. The quantitative estimate of drug-likeness (QED) is 0.763. The summed E-state index contributed by atoms with van der Waals surface area (Å²) in [5, 5.41) is 13.9. The van der Waals surface area contributed by atoms with Gasteiger partial charge in [-0.3, -0.25) is 4.79 Å². The molecule has 2 N–H and O–H groups in total. The summed E-state index contributed by atoms with van der Waals surface area (Å²) in [5.74, 6) is -1.06. The Hall–Kier alpha value is -2.47. The topological polar surface area (TPSA) is 79.3 Å². The summed E-state index contributed by atoms with van der Waals surface area (Å²) in [6, 6.07) is 7.83. The summed E-state index contributed by atoms with van der Waals surface area (Å²) in [5.41, 5.74) is 3.06. The van der Waals surface area contributed by atoms with E-state index in [1.807, 2.05) is 29.6 Å². The SMILES string of the molecule is CC(=O)Nc1nc(CCCc2ccc(C=CC(=O)O)cc2)cs1. The maximum absolute atomic E-state index is 11.0. The van der Waals surface area contributed by atoms with Crippen molar-refractivity contribution in [2.45, 2.75) is 26.2 Å². The number of amides is 1. The molecule has 2 rings (SSSR count). The molecule has 0 aliphatic rings. The van der Waals surface area contributed by atoms with Crippen LogP contribution in [0.25, 0.3) is 6.08 Å². The number of nitrogens with one attached hydrogen (secondary N) is 1. The standard InChI is InChI=1S/C17H18N2O3S/c1-12(20)18-17-19-15(11-23-17)4-2-3-13-5-7-14(8-6-13)9-10-16(21)22/h5-11H,2-4H2,1H3,(H,21,22)(H,18,19,20). The van der Waals surface area contributed by atoms with E-state index < -0.39 is 5.97 Å². The molecule has 0 unspecified atom stereocenters. The van der Waals surface area contributed by atoms with Crippen molar-refractivity contribution in [3.05, 3.63) is 52.5 Å². The molecule has 1 heterocycles. The van der Waals surface area contributed by atoms with Crippen LogP contribution in [0.1, 0.15) is 30.2 Å². The largest absolute Gasteiger partial charge is 0.478 e. The Morgan fingerprint density at radius 2 is 2.00 bits per heavy atom. The first kappa shape index (κ1) is 16.9. The summed E-state index contributed by atoms with van der Waals surface area (Å²) < 4.78 is 0. The van der Waals surface area contributed by atoms with E-state index in [9.17, 15) is 9.59 Å². The van der Waals surface area contributed by atoms with Gasteiger partial charge in [-0.25, -0.2) is 9.78 Å². The van der Waals surface area contributed by atoms with E-state index in [2.05, 4.69) is 10.3 Å². The number of carbonyl (C=O) groups excluding carboxylic acids is 1. The number of nitrogens with zero attached hydrogens (tertiary/aromatic N) is 1. The predicted molar refractivity (Wildman–Crippen MR) is 91.6 cm³/mol. The Morgan fingerprint density at radius 1 is 1.26 bits per heavy atom. The fraction of sp³-hybridized carbons (Fsp3) is 0.235. The molecule has 6 heteroatoms. The molecule has 0 bridgehead atoms. The molecule has 0 atom stereocenters. The van der Waals surface area contributed by atoms with Gasteiger partial charge in [0.1, 0.15) is 0 Å². The molecule has 5 nitrogen and oxygen atoms in total. The van der Waals surface area contributed by atoms with Gasteiger partial charge in [0.2, 0.25) is 5.91 Å². The summed E-state index contributed by atoms with van der Waals surface area (Å²) in [4.78, 5) is 25.8. The van der Waals surface area contributed by atoms with Gasteiger partial charge in [0.25, 0.3) is 0 Å². The van der Waals surface area contributed by atoms with Crippen molar-refractivity contribution in [3.8, 4) is 0 Å². The van der Waals surface area contributed by atoms with Gasteiger partial charge >= 0.3 is 5.97 Å². The number of benzene rings is 1. The smallest absolute Gasteiger partial charge is 0.328 e. The van der Waals surface area contributed by atoms with Crippen LogP contribution in [0.4, 0.5) is 5.13 Å². The lowest BCUT2D eigenvalue weighted by molar-refractivity contribution is -0.131. The second-order valence-electron chi connectivity index (χ2n) is 5.09. The Bertz CT molecular complexity index is 705. The first-order chi connectivity index (χ1) is 11.0. The van der Waals surface area contributed by atoms with Crippen molar-refractivity contribution >= 4 is 34.4 Å². The number of rotatable bonds is 7. The monoisotopic (exact) mass is 330 g/mol. The number of anilines is 1. The van der Waals surface area contributed by atoms with E-state index in [1.165, 1.54) is 23.8 Å². The Labute approximate surface area is 138 Å². The normalized spacial score (nSPS) is 10.8. The number of carboxylic acid groups (broad SMARTS) is 1. The van der Waals surface area contributed by atoms with Crippen LogP contribution in [0.2, 0.25) is 0 Å². The molecule has 1 amide bonds. The molecule has 0 saturated carbocycles. The zero-order valence-electron chi connectivity index (χ0n) is 12.8. The molecule has 0 radical (unpaired) electrons. The van der Waals surface area contributed by atoms with Crippen LogP contribution in [0, 0.1) is 0 Å². The minimum Gasteiger partial charge on any atom is -0.478 e. The third-order valence-electron chi connectivity index (χ3n) is 3.13. The van der Waals surface area contributed by atoms with E-state index in [0.717, 1.165) is 36.6 Å². The maximum atomic E-state index is 11.0. The van der Waals surface area contributed by atoms with Gasteiger partial charge in [-0.05, 0) is 36.5 Å². The first-order valence-electron chi connectivity index (χ1n) is 7.25. The number of aliphatic carboxylic acids is 1. The number of aromatic nitrogens is 1. The van der Waals surface area contributed by atoms with Crippen molar-refractivity contribution in [1.29, 1.82) is 0 Å². The summed E-state index contributed by atoms with van der Waals surface area (Å²) >= 11 is 1.44. The van der Waals surface area contributed by atoms with E-state index >= 15 is 0 Å². The number of aryl methyl sites for hydroxylation is 2. The van der Waals surface area contributed by atoms with Crippen LogP contribution >= 0.6 is 11.3 Å². The Balaban J connectivity index is 1.80. The number of carboxylic acids is 1. The molecule has 0 fully saturated rings. The molecular weight excluding hydrogens is 312 g/mol. The highest BCUT2D eigenvalue weighted by molar-refractivity contribution is 7.13. The lowest BCUT2D eigenvalue weighted by atomic mass is 10.1. The second kappa shape index (κ2) is 8.24. The van der Waals surface area contributed by atoms with E-state index in [4.69, 9.17) is 5.11 Å². The maximum Gasteiger partial charge on any atom is 0.328 e. The average molecular weight is 330 g/mol. The molecule has 0 spiro atoms. The van der Waals surface area contributed by atoms with Gasteiger partial charge < -0.3 is 10.4 Å². The van der Waals surface area contributed by atoms with Gasteiger partial charge in [-0.15, -0.1) is 11.3 Å². The number of hydrogen-bond donors (Lipinski definition) is 2. The molecule has 1 aromatic carbocycles. The zero-order chi connectivity index (χ0) is 16.7. The highest BCUT2D eigenvalue weighted by Gasteiger charge is 2.03. The number of hydrogen-bond acceptors (Lipinski definition) is 4. The van der Waals surface area contributed by atoms with E-state index in [-0.39, 0.29) is 5.91 Å². The highest BCUT2D eigenvalue weighted by atomic mass is 32.1. The van der Waals surface area contributed by atoms with Gasteiger partial charge in [0, 0.05) is 18.4 Å². The fourth-order valence-corrected chi connectivity index (χ4v) is 2.86. The molecule has 0 saturated heterocycles. The fourth-order valence-electron chi connectivity index (χ4n) is 2.07. The van der Waals surface area contributed by atoms with Crippen molar-refractivity contribution in [1.82, 2.24) is 4.98 Å². The average Bonchev–Trinajstić information content (AvgIpc) is 2.93. The minimum absolute atomic E-state index is 0.108. The molecule has 0 aliphatic heterocycles. The third kappa shape index (κ3) is 6.04.